The molecule has 0 bridgehead atoms. The Morgan fingerprint density at radius 3 is 2.57 bits per heavy atom. The van der Waals surface area contributed by atoms with E-state index in [2.05, 4.69) is 10.6 Å². The van der Waals surface area contributed by atoms with Crippen LogP contribution in [0.5, 0.6) is 5.75 Å². The van der Waals surface area contributed by atoms with E-state index in [9.17, 15) is 9.90 Å². The lowest BCUT2D eigenvalue weighted by Crippen LogP contribution is -2.35. The average Bonchev–Trinajstić information content (AvgIpc) is 2.75. The quantitative estimate of drug-likeness (QED) is 0.363. The van der Waals surface area contributed by atoms with Crippen LogP contribution >= 0.6 is 11.9 Å². The van der Waals surface area contributed by atoms with Gasteiger partial charge >= 0.3 is 5.97 Å². The zero-order chi connectivity index (χ0) is 21.5. The first kappa shape index (κ1) is 21.4. The standard InChI is InChI=1S/C24H24N2O3S/c1-4-15-26(17(2)16-24(27)28)21-14-13-20(18-9-5-6-10-19(18)21)25-30-23-12-8-7-11-22(23)29-3/h1,5-14,17,25H,15-16H2,2-3H3,(H,27,28)/t17-/m0/s1. The molecule has 0 aliphatic rings. The summed E-state index contributed by atoms with van der Waals surface area (Å²) in [6.07, 6.45) is 5.60. The van der Waals surface area contributed by atoms with Gasteiger partial charge in [0.2, 0.25) is 0 Å². The van der Waals surface area contributed by atoms with Gasteiger partial charge in [0.15, 0.2) is 0 Å². The Morgan fingerprint density at radius 2 is 1.87 bits per heavy atom. The van der Waals surface area contributed by atoms with Gasteiger partial charge in [-0.25, -0.2) is 0 Å². The molecule has 0 heterocycles. The number of hydrogen-bond acceptors (Lipinski definition) is 5. The number of carboxylic acid groups (broad SMARTS) is 1. The number of carbonyl (C=O) groups is 1. The van der Waals surface area contributed by atoms with Crippen LogP contribution in [-0.2, 0) is 4.79 Å². The first-order valence-corrected chi connectivity index (χ1v) is 10.4. The third kappa shape index (κ3) is 4.81. The highest BCUT2D eigenvalue weighted by Gasteiger charge is 2.19. The molecule has 5 nitrogen and oxygen atoms in total. The van der Waals surface area contributed by atoms with Crippen LogP contribution in [0.3, 0.4) is 0 Å². The van der Waals surface area contributed by atoms with E-state index in [1.807, 2.05) is 72.5 Å². The maximum Gasteiger partial charge on any atom is 0.305 e. The van der Waals surface area contributed by atoms with Crippen molar-refractivity contribution < 1.29 is 14.6 Å². The van der Waals surface area contributed by atoms with E-state index in [1.54, 1.807) is 7.11 Å². The Bertz CT molecular complexity index is 1080. The van der Waals surface area contributed by atoms with Gasteiger partial charge in [-0.05, 0) is 43.1 Å². The molecule has 6 heteroatoms. The smallest absolute Gasteiger partial charge is 0.305 e. The molecule has 30 heavy (non-hydrogen) atoms. The van der Waals surface area contributed by atoms with Crippen molar-refractivity contribution in [2.75, 3.05) is 23.3 Å². The molecule has 1 atom stereocenters. The van der Waals surface area contributed by atoms with Crippen LogP contribution in [0.1, 0.15) is 13.3 Å². The predicted molar refractivity (Wildman–Crippen MR) is 124 cm³/mol. The molecular formula is C24H24N2O3S. The van der Waals surface area contributed by atoms with Crippen LogP contribution in [0, 0.1) is 12.3 Å². The Labute approximate surface area is 181 Å². The highest BCUT2D eigenvalue weighted by molar-refractivity contribution is 8.00. The van der Waals surface area contributed by atoms with Gasteiger partial charge < -0.3 is 19.5 Å². The SMILES string of the molecule is C#CCN(c1ccc(NSc2ccccc2OC)c2ccccc12)[C@@H](C)CC(=O)O. The van der Waals surface area contributed by atoms with E-state index in [4.69, 9.17) is 11.2 Å². The van der Waals surface area contributed by atoms with Gasteiger partial charge in [0.05, 0.1) is 30.7 Å². The Kier molecular flexibility index (Phi) is 7.10. The van der Waals surface area contributed by atoms with Crippen molar-refractivity contribution in [2.45, 2.75) is 24.3 Å². The first-order chi connectivity index (χ1) is 14.5. The molecule has 0 saturated carbocycles. The molecule has 0 fully saturated rings. The number of rotatable bonds is 9. The Hall–Kier alpha value is -3.30. The van der Waals surface area contributed by atoms with Gasteiger partial charge in [0, 0.05) is 22.5 Å². The van der Waals surface area contributed by atoms with Crippen LogP contribution in [-0.4, -0.2) is 30.8 Å². The summed E-state index contributed by atoms with van der Waals surface area (Å²) in [6.45, 7) is 2.21. The summed E-state index contributed by atoms with van der Waals surface area (Å²) >= 11 is 1.48. The fraction of sp³-hybridized carbons (Fsp3) is 0.208. The van der Waals surface area contributed by atoms with E-state index < -0.39 is 5.97 Å². The molecule has 0 aliphatic heterocycles. The average molecular weight is 421 g/mol. The molecule has 0 saturated heterocycles. The van der Waals surface area contributed by atoms with Crippen LogP contribution < -0.4 is 14.4 Å². The van der Waals surface area contributed by atoms with E-state index in [0.717, 1.165) is 32.8 Å². The minimum atomic E-state index is -0.847. The highest BCUT2D eigenvalue weighted by Crippen LogP contribution is 2.37. The first-order valence-electron chi connectivity index (χ1n) is 9.54. The number of carboxylic acids is 1. The van der Waals surface area contributed by atoms with Crippen LogP contribution in [0.15, 0.2) is 65.6 Å². The van der Waals surface area contributed by atoms with Crippen molar-refractivity contribution in [3.63, 3.8) is 0 Å². The number of nitrogens with zero attached hydrogens (tertiary/aromatic N) is 1. The van der Waals surface area contributed by atoms with Crippen LogP contribution in [0.25, 0.3) is 10.8 Å². The second-order valence-corrected chi connectivity index (χ2v) is 7.66. The molecular weight excluding hydrogens is 396 g/mol. The molecule has 3 rings (SSSR count). The lowest BCUT2D eigenvalue weighted by atomic mass is 10.0. The van der Waals surface area contributed by atoms with Gasteiger partial charge in [-0.15, -0.1) is 6.42 Å². The third-order valence-corrected chi connectivity index (χ3v) is 5.69. The van der Waals surface area contributed by atoms with Crippen molar-refractivity contribution in [1.82, 2.24) is 0 Å². The second-order valence-electron chi connectivity index (χ2n) is 6.81. The monoisotopic (exact) mass is 420 g/mol. The Balaban J connectivity index is 1.96. The number of fused-ring (bicyclic) bond motifs is 1. The topological polar surface area (TPSA) is 61.8 Å². The van der Waals surface area contributed by atoms with Crippen molar-refractivity contribution in [3.8, 4) is 18.1 Å². The molecule has 0 radical (unpaired) electrons. The van der Waals surface area contributed by atoms with E-state index in [-0.39, 0.29) is 12.5 Å². The minimum absolute atomic E-state index is 0.0136. The lowest BCUT2D eigenvalue weighted by molar-refractivity contribution is -0.137. The number of ether oxygens (including phenoxy) is 1. The summed E-state index contributed by atoms with van der Waals surface area (Å²) in [5.74, 6) is 2.62. The molecule has 0 unspecified atom stereocenters. The number of benzene rings is 3. The van der Waals surface area contributed by atoms with Crippen molar-refractivity contribution in [2.24, 2.45) is 0 Å². The summed E-state index contributed by atoms with van der Waals surface area (Å²) in [5, 5.41) is 11.3. The number of methoxy groups -OCH3 is 1. The summed E-state index contributed by atoms with van der Waals surface area (Å²) in [6, 6.07) is 19.6. The number of para-hydroxylation sites is 1. The highest BCUT2D eigenvalue weighted by atomic mass is 32.2. The third-order valence-electron chi connectivity index (χ3n) is 4.81. The lowest BCUT2D eigenvalue weighted by Gasteiger charge is -2.30. The largest absolute Gasteiger partial charge is 0.496 e. The molecule has 0 aliphatic carbocycles. The second kappa shape index (κ2) is 9.95. The van der Waals surface area contributed by atoms with E-state index in [1.165, 1.54) is 11.9 Å². The summed E-state index contributed by atoms with van der Waals surface area (Å²) < 4.78 is 8.84. The molecule has 3 aromatic rings. The van der Waals surface area contributed by atoms with Gasteiger partial charge in [0.25, 0.3) is 0 Å². The minimum Gasteiger partial charge on any atom is -0.496 e. The summed E-state index contributed by atoms with van der Waals surface area (Å²) in [7, 11) is 1.65. The maximum atomic E-state index is 11.2. The predicted octanol–water partition coefficient (Wildman–Crippen LogP) is 5.27. The molecule has 0 amide bonds. The van der Waals surface area contributed by atoms with Gasteiger partial charge in [-0.1, -0.05) is 42.3 Å². The van der Waals surface area contributed by atoms with Crippen LogP contribution in [0.4, 0.5) is 11.4 Å². The normalized spacial score (nSPS) is 11.5. The summed E-state index contributed by atoms with van der Waals surface area (Å²) in [5.41, 5.74) is 1.88. The van der Waals surface area contributed by atoms with Gasteiger partial charge in [0.1, 0.15) is 5.75 Å². The van der Waals surface area contributed by atoms with Crippen molar-refractivity contribution in [1.29, 1.82) is 0 Å². The molecule has 154 valence electrons. The Morgan fingerprint density at radius 1 is 1.17 bits per heavy atom. The fourth-order valence-electron chi connectivity index (χ4n) is 3.38. The molecule has 2 N–H and O–H groups in total. The molecule has 0 aromatic heterocycles. The summed E-state index contributed by atoms with van der Waals surface area (Å²) in [4.78, 5) is 14.2. The maximum absolute atomic E-state index is 11.2. The van der Waals surface area contributed by atoms with Crippen molar-refractivity contribution >= 4 is 40.1 Å². The molecule has 3 aromatic carbocycles. The number of terminal acetylenes is 1. The van der Waals surface area contributed by atoms with E-state index in [0.29, 0.717) is 6.54 Å². The van der Waals surface area contributed by atoms with E-state index >= 15 is 0 Å². The number of anilines is 2. The van der Waals surface area contributed by atoms with Gasteiger partial charge in [-0.3, -0.25) is 4.79 Å². The molecule has 0 spiro atoms. The number of nitrogens with one attached hydrogen (secondary N) is 1. The number of hydrogen-bond donors (Lipinski definition) is 2. The fourth-order valence-corrected chi connectivity index (χ4v) is 4.17. The zero-order valence-corrected chi connectivity index (χ0v) is 17.8. The zero-order valence-electron chi connectivity index (χ0n) is 17.0. The van der Waals surface area contributed by atoms with Gasteiger partial charge in [-0.2, -0.15) is 0 Å². The van der Waals surface area contributed by atoms with Crippen LogP contribution in [0.2, 0.25) is 0 Å². The number of aliphatic carboxylic acids is 1. The van der Waals surface area contributed by atoms with Crippen molar-refractivity contribution in [3.05, 3.63) is 60.7 Å².